The van der Waals surface area contributed by atoms with E-state index in [4.69, 9.17) is 14.2 Å². The predicted molar refractivity (Wildman–Crippen MR) is 98.1 cm³/mol. The number of ether oxygens (including phenoxy) is 3. The van der Waals surface area contributed by atoms with Crippen molar-refractivity contribution in [3.05, 3.63) is 0 Å². The van der Waals surface area contributed by atoms with Gasteiger partial charge in [0.1, 0.15) is 36.6 Å². The number of nitrogens with zero attached hydrogens (tertiary/aromatic N) is 1. The summed E-state index contributed by atoms with van der Waals surface area (Å²) in [5.74, 6) is -2.31. The normalized spacial score (nSPS) is 17.8. The van der Waals surface area contributed by atoms with E-state index < -0.39 is 54.5 Å². The van der Waals surface area contributed by atoms with Crippen LogP contribution < -0.4 is 0 Å². The van der Waals surface area contributed by atoms with E-state index >= 15 is 0 Å². The molecule has 0 bridgehead atoms. The largest absolute Gasteiger partial charge is 0.459 e. The van der Waals surface area contributed by atoms with Crippen molar-refractivity contribution in [1.82, 2.24) is 4.90 Å². The van der Waals surface area contributed by atoms with E-state index in [1.54, 1.807) is 25.7 Å². The molecule has 0 spiro atoms. The summed E-state index contributed by atoms with van der Waals surface area (Å²) in [4.78, 5) is 36.4. The molecule has 0 aromatic rings. The van der Waals surface area contributed by atoms with E-state index in [1.807, 2.05) is 0 Å². The maximum absolute atomic E-state index is 11.5. The van der Waals surface area contributed by atoms with Crippen molar-refractivity contribution in [2.75, 3.05) is 19.6 Å². The predicted octanol–water partition coefficient (Wildman–Crippen LogP) is -0.774. The molecule has 0 rings (SSSR count). The van der Waals surface area contributed by atoms with E-state index in [0.29, 0.717) is 0 Å². The average Bonchev–Trinajstić information content (AvgIpc) is 2.53. The fourth-order valence-corrected chi connectivity index (χ4v) is 2.32. The van der Waals surface area contributed by atoms with Crippen LogP contribution in [0.5, 0.6) is 0 Å². The molecule has 0 heterocycles. The van der Waals surface area contributed by atoms with Crippen molar-refractivity contribution in [1.29, 1.82) is 0 Å². The van der Waals surface area contributed by atoms with Crippen molar-refractivity contribution >= 4 is 17.9 Å². The second kappa shape index (κ2) is 12.7. The molecule has 0 aromatic heterocycles. The first kappa shape index (κ1) is 26.2. The summed E-state index contributed by atoms with van der Waals surface area (Å²) in [6, 6.07) is 0. The zero-order chi connectivity index (χ0) is 22.0. The molecule has 0 radical (unpaired) electrons. The minimum atomic E-state index is -1.26. The van der Waals surface area contributed by atoms with E-state index in [2.05, 4.69) is 0 Å². The fraction of sp³-hybridized carbons (Fsp3) is 0.833. The summed E-state index contributed by atoms with van der Waals surface area (Å²) < 4.78 is 15.4. The molecule has 0 aliphatic heterocycles. The molecule has 28 heavy (non-hydrogen) atoms. The molecule has 0 aromatic carbocycles. The maximum atomic E-state index is 11.5. The van der Waals surface area contributed by atoms with Gasteiger partial charge >= 0.3 is 17.9 Å². The average molecular weight is 407 g/mol. The van der Waals surface area contributed by atoms with E-state index in [0.717, 1.165) is 0 Å². The number of rotatable bonds is 12. The molecule has 0 aliphatic rings. The maximum Gasteiger partial charge on any atom is 0.334 e. The minimum absolute atomic E-state index is 0.214. The summed E-state index contributed by atoms with van der Waals surface area (Å²) in [6.45, 7) is 9.42. The highest BCUT2D eigenvalue weighted by Gasteiger charge is 2.24. The Balaban J connectivity index is 4.96. The Morgan fingerprint density at radius 3 is 1.00 bits per heavy atom. The van der Waals surface area contributed by atoms with Crippen LogP contribution in [0.1, 0.15) is 41.5 Å². The van der Waals surface area contributed by atoms with Gasteiger partial charge in [0, 0.05) is 19.6 Å². The van der Waals surface area contributed by atoms with Gasteiger partial charge in [0.2, 0.25) is 0 Å². The lowest BCUT2D eigenvalue weighted by Gasteiger charge is -2.30. The van der Waals surface area contributed by atoms with Gasteiger partial charge in [0.25, 0.3) is 0 Å². The highest BCUT2D eigenvalue weighted by atomic mass is 16.6. The molecule has 0 saturated heterocycles. The fourth-order valence-electron chi connectivity index (χ4n) is 2.32. The van der Waals surface area contributed by atoms with Gasteiger partial charge in [0.15, 0.2) is 0 Å². The van der Waals surface area contributed by atoms with E-state index in [9.17, 15) is 29.7 Å². The number of hydrogen-bond acceptors (Lipinski definition) is 10. The van der Waals surface area contributed by atoms with E-state index in [1.165, 1.54) is 20.8 Å². The van der Waals surface area contributed by atoms with Gasteiger partial charge in [-0.05, 0) is 41.5 Å². The van der Waals surface area contributed by atoms with Crippen molar-refractivity contribution in [3.63, 3.8) is 0 Å². The third-order valence-electron chi connectivity index (χ3n) is 3.52. The summed E-state index contributed by atoms with van der Waals surface area (Å²) in [7, 11) is 0. The number of carbonyl (C=O) groups is 3. The van der Waals surface area contributed by atoms with Gasteiger partial charge in [-0.15, -0.1) is 0 Å². The van der Waals surface area contributed by atoms with Gasteiger partial charge in [-0.1, -0.05) is 0 Å². The number of aliphatic hydroxyl groups excluding tert-OH is 3. The first-order valence-corrected chi connectivity index (χ1v) is 9.21. The summed E-state index contributed by atoms with van der Waals surface area (Å²) >= 11 is 0. The molecule has 10 heteroatoms. The number of esters is 3. The Labute approximate surface area is 165 Å². The van der Waals surface area contributed by atoms with Crippen LogP contribution in [0.15, 0.2) is 0 Å². The van der Waals surface area contributed by atoms with Crippen LogP contribution in [0.4, 0.5) is 0 Å². The van der Waals surface area contributed by atoms with Crippen molar-refractivity contribution < 1.29 is 43.9 Å². The molecule has 6 atom stereocenters. The molecular formula is C18H33NO9. The van der Waals surface area contributed by atoms with Crippen molar-refractivity contribution in [3.8, 4) is 0 Å². The Morgan fingerprint density at radius 1 is 0.607 bits per heavy atom. The van der Waals surface area contributed by atoms with Crippen LogP contribution >= 0.6 is 0 Å². The summed E-state index contributed by atoms with van der Waals surface area (Å²) in [5.41, 5.74) is 0. The standard InChI is InChI=1S/C18H33NO9/c1-10(26-16(23)13(4)20)7-19(8-11(2)27-17(24)14(5)21)9-12(3)28-18(25)15(6)22/h10-15,20-22H,7-9H2,1-6H3. The van der Waals surface area contributed by atoms with Crippen LogP contribution in [0.2, 0.25) is 0 Å². The zero-order valence-corrected chi connectivity index (χ0v) is 17.3. The second-order valence-corrected chi connectivity index (χ2v) is 6.99. The lowest BCUT2D eigenvalue weighted by Crippen LogP contribution is -2.44. The third kappa shape index (κ3) is 11.2. The Kier molecular flexibility index (Phi) is 11.9. The summed E-state index contributed by atoms with van der Waals surface area (Å²) in [6.07, 6.45) is -5.56. The molecular weight excluding hydrogens is 374 g/mol. The van der Waals surface area contributed by atoms with Crippen molar-refractivity contribution in [2.24, 2.45) is 0 Å². The topological polar surface area (TPSA) is 143 Å². The SMILES string of the molecule is CC(CN(CC(C)OC(=O)C(C)O)CC(C)OC(=O)C(C)O)OC(=O)C(C)O. The smallest absolute Gasteiger partial charge is 0.334 e. The van der Waals surface area contributed by atoms with Crippen LogP contribution in [0.25, 0.3) is 0 Å². The number of aliphatic hydroxyl groups is 3. The molecule has 3 N–H and O–H groups in total. The third-order valence-corrected chi connectivity index (χ3v) is 3.52. The molecule has 0 aliphatic carbocycles. The molecule has 0 saturated carbocycles. The van der Waals surface area contributed by atoms with Crippen LogP contribution in [-0.2, 0) is 28.6 Å². The van der Waals surface area contributed by atoms with Crippen LogP contribution in [0.3, 0.4) is 0 Å². The summed E-state index contributed by atoms with van der Waals surface area (Å²) in [5, 5.41) is 27.7. The van der Waals surface area contributed by atoms with Crippen LogP contribution in [0, 0.1) is 0 Å². The molecule has 0 fully saturated rings. The van der Waals surface area contributed by atoms with Crippen LogP contribution in [-0.4, -0.2) is 94.4 Å². The Morgan fingerprint density at radius 2 is 0.821 bits per heavy atom. The quantitative estimate of drug-likeness (QED) is 0.279. The first-order chi connectivity index (χ1) is 12.8. The van der Waals surface area contributed by atoms with Gasteiger partial charge in [-0.3, -0.25) is 4.90 Å². The monoisotopic (exact) mass is 407 g/mol. The van der Waals surface area contributed by atoms with Gasteiger partial charge < -0.3 is 29.5 Å². The Hall–Kier alpha value is -1.75. The lowest BCUT2D eigenvalue weighted by molar-refractivity contribution is -0.161. The van der Waals surface area contributed by atoms with Gasteiger partial charge in [0.05, 0.1) is 0 Å². The number of carbonyl (C=O) groups excluding carboxylic acids is 3. The highest BCUT2D eigenvalue weighted by Crippen LogP contribution is 2.07. The lowest BCUT2D eigenvalue weighted by atomic mass is 10.2. The molecule has 164 valence electrons. The second-order valence-electron chi connectivity index (χ2n) is 6.99. The zero-order valence-electron chi connectivity index (χ0n) is 17.3. The van der Waals surface area contributed by atoms with E-state index in [-0.39, 0.29) is 19.6 Å². The highest BCUT2D eigenvalue weighted by molar-refractivity contribution is 5.74. The van der Waals surface area contributed by atoms with Crippen molar-refractivity contribution in [2.45, 2.75) is 78.2 Å². The molecule has 6 unspecified atom stereocenters. The number of hydrogen-bond donors (Lipinski definition) is 3. The Bertz CT molecular complexity index is 436. The van der Waals surface area contributed by atoms with Gasteiger partial charge in [-0.2, -0.15) is 0 Å². The van der Waals surface area contributed by atoms with Gasteiger partial charge in [-0.25, -0.2) is 14.4 Å². The minimum Gasteiger partial charge on any atom is -0.459 e. The molecule has 10 nitrogen and oxygen atoms in total. The molecule has 0 amide bonds. The first-order valence-electron chi connectivity index (χ1n) is 9.21.